The molecule has 168 valence electrons. The molecule has 0 fully saturated rings. The zero-order valence-corrected chi connectivity index (χ0v) is 18.8. The van der Waals surface area contributed by atoms with E-state index in [0.29, 0.717) is 16.6 Å². The molecule has 0 aromatic heterocycles. The number of aliphatic hydroxyl groups is 1. The quantitative estimate of drug-likeness (QED) is 0.182. The maximum absolute atomic E-state index is 13.2. The molecule has 0 saturated carbocycles. The van der Waals surface area contributed by atoms with Gasteiger partial charge in [0.15, 0.2) is 11.4 Å². The summed E-state index contributed by atoms with van der Waals surface area (Å²) in [4.78, 5) is 49.6. The minimum Gasteiger partial charge on any atom is -0.464 e. The van der Waals surface area contributed by atoms with Gasteiger partial charge in [-0.3, -0.25) is 29.4 Å². The molecule has 2 aromatic carbocycles. The number of hydrogen-bond acceptors (Lipinski definition) is 7. The fraction of sp³-hybridized carbons (Fsp3) is 0.318. The predicted octanol–water partition coefficient (Wildman–Crippen LogP) is 3.51. The maximum Gasteiger partial charge on any atom is 0.326 e. The number of hydrogen-bond donors (Lipinski definition) is 1. The third kappa shape index (κ3) is 4.71. The first kappa shape index (κ1) is 23.6. The number of benzene rings is 2. The van der Waals surface area contributed by atoms with Gasteiger partial charge in [-0.1, -0.05) is 29.3 Å². The minimum absolute atomic E-state index is 0.116. The molecule has 1 aliphatic heterocycles. The van der Waals surface area contributed by atoms with Crippen molar-refractivity contribution >= 4 is 45.0 Å². The van der Waals surface area contributed by atoms with E-state index in [1.54, 1.807) is 12.1 Å². The highest BCUT2D eigenvalue weighted by molar-refractivity contribution is 9.10. The molecule has 32 heavy (non-hydrogen) atoms. The number of rotatable bonds is 9. The maximum atomic E-state index is 13.2. The Morgan fingerprint density at radius 1 is 1.22 bits per heavy atom. The van der Waals surface area contributed by atoms with Crippen LogP contribution in [0.4, 0.5) is 11.4 Å². The second-order valence-corrected chi connectivity index (χ2v) is 8.31. The van der Waals surface area contributed by atoms with Gasteiger partial charge in [0.25, 0.3) is 11.6 Å². The molecule has 1 atom stereocenters. The highest BCUT2D eigenvalue weighted by atomic mass is 79.9. The molecule has 1 heterocycles. The van der Waals surface area contributed by atoms with Crippen LogP contribution >= 0.6 is 15.9 Å². The number of nitro benzene ring substituents is 1. The summed E-state index contributed by atoms with van der Waals surface area (Å²) in [5.74, 6) is -2.01. The summed E-state index contributed by atoms with van der Waals surface area (Å²) < 4.78 is 5.72. The van der Waals surface area contributed by atoms with Gasteiger partial charge < -0.3 is 9.84 Å². The van der Waals surface area contributed by atoms with Gasteiger partial charge in [0, 0.05) is 27.7 Å². The Morgan fingerprint density at radius 3 is 2.53 bits per heavy atom. The number of non-ortho nitro benzene ring substituents is 1. The molecule has 3 rings (SSSR count). The van der Waals surface area contributed by atoms with Gasteiger partial charge in [0.2, 0.25) is 0 Å². The van der Waals surface area contributed by atoms with Crippen LogP contribution in [0, 0.1) is 10.1 Å². The number of anilines is 1. The lowest BCUT2D eigenvalue weighted by atomic mass is 9.88. The Morgan fingerprint density at radius 2 is 1.91 bits per heavy atom. The van der Waals surface area contributed by atoms with Gasteiger partial charge in [-0.05, 0) is 36.8 Å². The van der Waals surface area contributed by atoms with E-state index in [9.17, 15) is 29.6 Å². The average Bonchev–Trinajstić information content (AvgIpc) is 2.95. The standard InChI is InChI=1S/C22H21BrN2O7/c1-2-3-10-32-20(27)13-24-18-9-6-15(23)11-17(18)22(29,21(24)28)12-19(26)14-4-7-16(8-5-14)25(30)31/h4-9,11,29H,2-3,10,12-13H2,1H3. The Hall–Kier alpha value is -3.11. The van der Waals surface area contributed by atoms with E-state index in [4.69, 9.17) is 4.74 Å². The lowest BCUT2D eigenvalue weighted by Gasteiger charge is -2.22. The zero-order chi connectivity index (χ0) is 23.5. The van der Waals surface area contributed by atoms with E-state index >= 15 is 0 Å². The Labute approximate surface area is 192 Å². The summed E-state index contributed by atoms with van der Waals surface area (Å²) >= 11 is 3.30. The number of ether oxygens (including phenoxy) is 1. The van der Waals surface area contributed by atoms with E-state index in [-0.39, 0.29) is 23.4 Å². The van der Waals surface area contributed by atoms with Crippen LogP contribution in [0.1, 0.15) is 42.1 Å². The zero-order valence-electron chi connectivity index (χ0n) is 17.2. The van der Waals surface area contributed by atoms with E-state index in [2.05, 4.69) is 15.9 Å². The Kier molecular flexibility index (Phi) is 7.05. The number of fused-ring (bicyclic) bond motifs is 1. The molecule has 0 aliphatic carbocycles. The number of esters is 1. The van der Waals surface area contributed by atoms with E-state index in [1.807, 2.05) is 6.92 Å². The van der Waals surface area contributed by atoms with Crippen LogP contribution in [-0.2, 0) is 19.9 Å². The normalized spacial score (nSPS) is 17.2. The molecule has 9 nitrogen and oxygen atoms in total. The van der Waals surface area contributed by atoms with Crippen LogP contribution < -0.4 is 4.90 Å². The van der Waals surface area contributed by atoms with Crippen molar-refractivity contribution in [3.8, 4) is 0 Å². The fourth-order valence-electron chi connectivity index (χ4n) is 3.46. The van der Waals surface area contributed by atoms with E-state index < -0.39 is 41.1 Å². The lowest BCUT2D eigenvalue weighted by molar-refractivity contribution is -0.384. The number of ketones is 1. The van der Waals surface area contributed by atoms with Crippen LogP contribution in [0.15, 0.2) is 46.9 Å². The van der Waals surface area contributed by atoms with Gasteiger partial charge in [-0.2, -0.15) is 0 Å². The Balaban J connectivity index is 1.87. The number of nitro groups is 1. The first-order chi connectivity index (χ1) is 15.2. The van der Waals surface area contributed by atoms with Crippen molar-refractivity contribution < 1.29 is 29.2 Å². The molecule has 0 bridgehead atoms. The topological polar surface area (TPSA) is 127 Å². The summed E-state index contributed by atoms with van der Waals surface area (Å²) in [5, 5.41) is 22.1. The van der Waals surface area contributed by atoms with Gasteiger partial charge in [0.1, 0.15) is 6.54 Å². The second-order valence-electron chi connectivity index (χ2n) is 7.39. The molecule has 2 aromatic rings. The van der Waals surface area contributed by atoms with Crippen molar-refractivity contribution in [2.45, 2.75) is 31.8 Å². The lowest BCUT2D eigenvalue weighted by Crippen LogP contribution is -2.44. The number of amides is 1. The number of carbonyl (C=O) groups excluding carboxylic acids is 3. The van der Waals surface area contributed by atoms with Crippen molar-refractivity contribution in [3.05, 3.63) is 68.2 Å². The SMILES string of the molecule is CCCCOC(=O)CN1C(=O)C(O)(CC(=O)c2ccc([N+](=O)[O-])cc2)c2cc(Br)ccc21. The first-order valence-corrected chi connectivity index (χ1v) is 10.7. The van der Waals surface area contributed by atoms with Crippen molar-refractivity contribution in [2.75, 3.05) is 18.1 Å². The van der Waals surface area contributed by atoms with Gasteiger partial charge in [-0.15, -0.1) is 0 Å². The minimum atomic E-state index is -2.19. The smallest absolute Gasteiger partial charge is 0.326 e. The summed E-state index contributed by atoms with van der Waals surface area (Å²) in [7, 11) is 0. The predicted molar refractivity (Wildman–Crippen MR) is 118 cm³/mol. The monoisotopic (exact) mass is 504 g/mol. The molecular weight excluding hydrogens is 484 g/mol. The van der Waals surface area contributed by atoms with Crippen LogP contribution in [0.2, 0.25) is 0 Å². The molecule has 1 unspecified atom stereocenters. The highest BCUT2D eigenvalue weighted by Crippen LogP contribution is 2.44. The van der Waals surface area contributed by atoms with Crippen molar-refractivity contribution in [2.24, 2.45) is 0 Å². The van der Waals surface area contributed by atoms with Gasteiger partial charge in [0.05, 0.1) is 23.6 Å². The van der Waals surface area contributed by atoms with E-state index in [0.717, 1.165) is 11.3 Å². The summed E-state index contributed by atoms with van der Waals surface area (Å²) in [6, 6.07) is 9.66. The van der Waals surface area contributed by atoms with Crippen molar-refractivity contribution in [3.63, 3.8) is 0 Å². The third-order valence-electron chi connectivity index (χ3n) is 5.16. The van der Waals surface area contributed by atoms with Crippen LogP contribution in [0.25, 0.3) is 0 Å². The molecule has 0 radical (unpaired) electrons. The molecule has 1 N–H and O–H groups in total. The summed E-state index contributed by atoms with van der Waals surface area (Å²) in [5.41, 5.74) is -1.76. The van der Waals surface area contributed by atoms with Gasteiger partial charge >= 0.3 is 5.97 Å². The third-order valence-corrected chi connectivity index (χ3v) is 5.65. The first-order valence-electron chi connectivity index (χ1n) is 9.95. The van der Waals surface area contributed by atoms with E-state index in [1.165, 1.54) is 30.3 Å². The molecule has 1 aliphatic rings. The largest absolute Gasteiger partial charge is 0.464 e. The summed E-state index contributed by atoms with van der Waals surface area (Å²) in [6.45, 7) is 1.78. The highest BCUT2D eigenvalue weighted by Gasteiger charge is 2.51. The Bertz CT molecular complexity index is 1070. The average molecular weight is 505 g/mol. The number of nitrogens with zero attached hydrogens (tertiary/aromatic N) is 2. The number of carbonyl (C=O) groups is 3. The summed E-state index contributed by atoms with van der Waals surface area (Å²) in [6.07, 6.45) is 0.947. The second kappa shape index (κ2) is 9.58. The van der Waals surface area contributed by atoms with Crippen LogP contribution in [0.3, 0.4) is 0 Å². The van der Waals surface area contributed by atoms with Gasteiger partial charge in [-0.25, -0.2) is 0 Å². The number of halogens is 1. The van der Waals surface area contributed by atoms with Crippen molar-refractivity contribution in [1.29, 1.82) is 0 Å². The fourth-order valence-corrected chi connectivity index (χ4v) is 3.82. The van der Waals surface area contributed by atoms with Crippen molar-refractivity contribution in [1.82, 2.24) is 0 Å². The molecule has 0 saturated heterocycles. The molecule has 10 heteroatoms. The van der Waals surface area contributed by atoms with Crippen LogP contribution in [0.5, 0.6) is 0 Å². The van der Waals surface area contributed by atoms with Crippen LogP contribution in [-0.4, -0.2) is 40.8 Å². The molecular formula is C22H21BrN2O7. The number of Topliss-reactive ketones (excluding diaryl/α,β-unsaturated/α-hetero) is 1. The molecule has 0 spiro atoms. The number of unbranched alkanes of at least 4 members (excludes halogenated alkanes) is 1. The molecule has 1 amide bonds.